The maximum atomic E-state index is 13.1. The van der Waals surface area contributed by atoms with Crippen molar-refractivity contribution in [2.45, 2.75) is 13.0 Å². The molecule has 1 saturated heterocycles. The lowest BCUT2D eigenvalue weighted by Gasteiger charge is -2.36. The van der Waals surface area contributed by atoms with Gasteiger partial charge in [0.05, 0.1) is 36.9 Å². The molecule has 25 heavy (non-hydrogen) atoms. The summed E-state index contributed by atoms with van der Waals surface area (Å²) in [5.74, 6) is -0.518. The van der Waals surface area contributed by atoms with Crippen LogP contribution in [0.2, 0.25) is 5.02 Å². The number of carbonyl (C=O) groups excluding carboxylic acids is 1. The van der Waals surface area contributed by atoms with Gasteiger partial charge in [0.1, 0.15) is 5.82 Å². The Bertz CT molecular complexity index is 733. The van der Waals surface area contributed by atoms with Crippen LogP contribution < -0.4 is 15.1 Å². The van der Waals surface area contributed by atoms with Gasteiger partial charge < -0.3 is 15.1 Å². The summed E-state index contributed by atoms with van der Waals surface area (Å²) in [6, 6.07) is 14.1. The molecule has 1 aliphatic heterocycles. The van der Waals surface area contributed by atoms with E-state index in [2.05, 4.69) is 22.3 Å². The molecule has 1 heterocycles. The van der Waals surface area contributed by atoms with E-state index in [1.54, 1.807) is 0 Å². The van der Waals surface area contributed by atoms with Crippen molar-refractivity contribution in [1.82, 2.24) is 0 Å². The molecular weight excluding hydrogens is 341 g/mol. The maximum absolute atomic E-state index is 13.1. The van der Waals surface area contributed by atoms with Crippen LogP contribution in [0.15, 0.2) is 48.5 Å². The quantitative estimate of drug-likeness (QED) is 0.875. The van der Waals surface area contributed by atoms with Crippen LogP contribution in [0.4, 0.5) is 15.8 Å². The summed E-state index contributed by atoms with van der Waals surface area (Å²) in [5.41, 5.74) is 1.67. The van der Waals surface area contributed by atoms with Gasteiger partial charge in [-0.1, -0.05) is 29.8 Å². The number of nitrogens with zero attached hydrogens (tertiary/aromatic N) is 1. The van der Waals surface area contributed by atoms with Crippen LogP contribution in [0.1, 0.15) is 6.92 Å². The number of halogens is 2. The summed E-state index contributed by atoms with van der Waals surface area (Å²) in [7, 11) is 0. The van der Waals surface area contributed by atoms with Gasteiger partial charge in [-0.25, -0.2) is 4.39 Å². The van der Waals surface area contributed by atoms with Crippen LogP contribution in [0.25, 0.3) is 0 Å². The molecule has 132 valence electrons. The molecule has 0 radical (unpaired) electrons. The van der Waals surface area contributed by atoms with Crippen LogP contribution in [0.3, 0.4) is 0 Å². The fraction of sp³-hybridized carbons (Fsp3) is 0.316. The van der Waals surface area contributed by atoms with Crippen molar-refractivity contribution < 1.29 is 14.1 Å². The van der Waals surface area contributed by atoms with Crippen LogP contribution in [-0.4, -0.2) is 38.1 Å². The van der Waals surface area contributed by atoms with Crippen LogP contribution in [0, 0.1) is 5.82 Å². The van der Waals surface area contributed by atoms with E-state index >= 15 is 0 Å². The van der Waals surface area contributed by atoms with Crippen molar-refractivity contribution in [2.24, 2.45) is 0 Å². The Morgan fingerprint density at radius 2 is 1.88 bits per heavy atom. The van der Waals surface area contributed by atoms with Crippen LogP contribution in [-0.2, 0) is 4.79 Å². The molecule has 1 atom stereocenters. The van der Waals surface area contributed by atoms with Crippen molar-refractivity contribution in [2.75, 3.05) is 36.4 Å². The van der Waals surface area contributed by atoms with E-state index in [1.807, 2.05) is 25.1 Å². The molecule has 0 bridgehead atoms. The number of hydrogen-bond acceptors (Lipinski definition) is 2. The molecule has 0 spiro atoms. The Morgan fingerprint density at radius 1 is 1.20 bits per heavy atom. The number of nitrogens with one attached hydrogen (secondary N) is 2. The highest BCUT2D eigenvalue weighted by Gasteiger charge is 2.29. The Labute approximate surface area is 152 Å². The van der Waals surface area contributed by atoms with E-state index < -0.39 is 5.82 Å². The predicted molar refractivity (Wildman–Crippen MR) is 98.9 cm³/mol. The highest BCUT2D eigenvalue weighted by molar-refractivity contribution is 6.33. The largest absolute Gasteiger partial charge is 0.360 e. The monoisotopic (exact) mass is 362 g/mol. The standard InChI is InChI=1S/C19H21ClFN3O/c1-14(19(25)22-18-8-7-15(21)13-17(18)20)23-9-11-24(12-10-23)16-5-3-2-4-6-16/h2-8,13-14H,9-12H2,1H3,(H,22,25)/p+1/t14-/m0/s1. The SMILES string of the molecule is C[C@@H](C(=O)Nc1ccc(F)cc1Cl)[NH+]1CCN(c2ccccc2)CC1. The Balaban J connectivity index is 1.56. The fourth-order valence-electron chi connectivity index (χ4n) is 3.14. The minimum atomic E-state index is -0.418. The average Bonchev–Trinajstić information content (AvgIpc) is 2.64. The van der Waals surface area contributed by atoms with Gasteiger partial charge in [-0.05, 0) is 37.3 Å². The molecular formula is C19H22ClFN3O+. The second-order valence-electron chi connectivity index (χ2n) is 6.32. The number of para-hydroxylation sites is 1. The molecule has 6 heteroatoms. The predicted octanol–water partition coefficient (Wildman–Crippen LogP) is 2.21. The number of rotatable bonds is 4. The normalized spacial score (nSPS) is 16.5. The summed E-state index contributed by atoms with van der Waals surface area (Å²) in [4.78, 5) is 16.1. The molecule has 4 nitrogen and oxygen atoms in total. The van der Waals surface area contributed by atoms with Gasteiger partial charge in [-0.2, -0.15) is 0 Å². The second-order valence-corrected chi connectivity index (χ2v) is 6.72. The first kappa shape index (κ1) is 17.7. The lowest BCUT2D eigenvalue weighted by molar-refractivity contribution is -0.914. The summed E-state index contributed by atoms with van der Waals surface area (Å²) >= 11 is 5.98. The van der Waals surface area contributed by atoms with Crippen LogP contribution >= 0.6 is 11.6 Å². The molecule has 0 saturated carbocycles. The number of anilines is 2. The molecule has 0 aromatic heterocycles. The zero-order valence-electron chi connectivity index (χ0n) is 14.1. The van der Waals surface area contributed by atoms with Gasteiger partial charge in [0, 0.05) is 5.69 Å². The third-order valence-corrected chi connectivity index (χ3v) is 5.03. The van der Waals surface area contributed by atoms with Crippen molar-refractivity contribution in [1.29, 1.82) is 0 Å². The first-order valence-electron chi connectivity index (χ1n) is 8.45. The van der Waals surface area contributed by atoms with Gasteiger partial charge in [-0.3, -0.25) is 4.79 Å². The maximum Gasteiger partial charge on any atom is 0.282 e. The van der Waals surface area contributed by atoms with E-state index in [0.29, 0.717) is 5.69 Å². The summed E-state index contributed by atoms with van der Waals surface area (Å²) in [6.07, 6.45) is 0. The average molecular weight is 363 g/mol. The zero-order valence-corrected chi connectivity index (χ0v) is 14.9. The first-order valence-corrected chi connectivity index (χ1v) is 8.83. The highest BCUT2D eigenvalue weighted by atomic mass is 35.5. The van der Waals surface area contributed by atoms with Crippen LogP contribution in [0.5, 0.6) is 0 Å². The molecule has 2 N–H and O–H groups in total. The zero-order chi connectivity index (χ0) is 17.8. The minimum Gasteiger partial charge on any atom is -0.360 e. The van der Waals surface area contributed by atoms with E-state index in [-0.39, 0.29) is 17.0 Å². The molecule has 1 aliphatic rings. The third kappa shape index (κ3) is 4.30. The number of hydrogen-bond donors (Lipinski definition) is 2. The number of quaternary nitrogens is 1. The summed E-state index contributed by atoms with van der Waals surface area (Å²) < 4.78 is 13.1. The number of amides is 1. The minimum absolute atomic E-state index is 0.100. The Hall–Kier alpha value is -2.11. The van der Waals surface area contributed by atoms with E-state index in [1.165, 1.54) is 28.8 Å². The molecule has 3 rings (SSSR count). The van der Waals surface area contributed by atoms with Gasteiger partial charge >= 0.3 is 0 Å². The number of benzene rings is 2. The lowest BCUT2D eigenvalue weighted by Crippen LogP contribution is -3.19. The molecule has 0 unspecified atom stereocenters. The van der Waals surface area contributed by atoms with Crippen molar-refractivity contribution in [3.8, 4) is 0 Å². The Kier molecular flexibility index (Phi) is 5.56. The molecule has 1 fully saturated rings. The lowest BCUT2D eigenvalue weighted by atomic mass is 10.2. The van der Waals surface area contributed by atoms with Crippen molar-refractivity contribution >= 4 is 28.9 Å². The number of carbonyl (C=O) groups is 1. The summed E-state index contributed by atoms with van der Waals surface area (Å²) in [6.45, 7) is 5.52. The second kappa shape index (κ2) is 7.85. The molecule has 2 aromatic rings. The molecule has 1 amide bonds. The topological polar surface area (TPSA) is 36.8 Å². The van der Waals surface area contributed by atoms with Gasteiger partial charge in [0.25, 0.3) is 5.91 Å². The van der Waals surface area contributed by atoms with E-state index in [4.69, 9.17) is 11.6 Å². The van der Waals surface area contributed by atoms with E-state index in [0.717, 1.165) is 26.2 Å². The van der Waals surface area contributed by atoms with Gasteiger partial charge in [0.15, 0.2) is 6.04 Å². The Morgan fingerprint density at radius 3 is 2.52 bits per heavy atom. The first-order chi connectivity index (χ1) is 12.0. The smallest absolute Gasteiger partial charge is 0.282 e. The van der Waals surface area contributed by atoms with Crippen molar-refractivity contribution in [3.63, 3.8) is 0 Å². The summed E-state index contributed by atoms with van der Waals surface area (Å²) in [5, 5.41) is 3.02. The third-order valence-electron chi connectivity index (χ3n) is 4.72. The molecule has 0 aliphatic carbocycles. The highest BCUT2D eigenvalue weighted by Crippen LogP contribution is 2.22. The molecule has 2 aromatic carbocycles. The van der Waals surface area contributed by atoms with Crippen molar-refractivity contribution in [3.05, 3.63) is 59.4 Å². The van der Waals surface area contributed by atoms with Gasteiger partial charge in [0.2, 0.25) is 0 Å². The van der Waals surface area contributed by atoms with E-state index in [9.17, 15) is 9.18 Å². The van der Waals surface area contributed by atoms with Gasteiger partial charge in [-0.15, -0.1) is 0 Å². The fourth-order valence-corrected chi connectivity index (χ4v) is 3.36. The number of piperazine rings is 1.